The second-order valence-electron chi connectivity index (χ2n) is 7.25. The van der Waals surface area contributed by atoms with Gasteiger partial charge in [0.05, 0.1) is 11.3 Å². The molecule has 5 rings (SSSR count). The van der Waals surface area contributed by atoms with Crippen molar-refractivity contribution in [2.75, 3.05) is 13.1 Å². The Morgan fingerprint density at radius 3 is 2.72 bits per heavy atom. The number of rotatable bonds is 2. The van der Waals surface area contributed by atoms with Gasteiger partial charge in [0.2, 0.25) is 0 Å². The largest absolute Gasteiger partial charge is 0.309 e. The molecule has 0 radical (unpaired) electrons. The topological polar surface area (TPSA) is 66.4 Å². The van der Waals surface area contributed by atoms with Crippen molar-refractivity contribution in [1.82, 2.24) is 19.2 Å². The molecule has 0 bridgehead atoms. The lowest BCUT2D eigenvalue weighted by atomic mass is 9.86. The first-order valence-corrected chi connectivity index (χ1v) is 10.4. The molecule has 1 unspecified atom stereocenters. The molecule has 1 aromatic carbocycles. The van der Waals surface area contributed by atoms with Gasteiger partial charge in [0, 0.05) is 36.9 Å². The highest BCUT2D eigenvalue weighted by Crippen LogP contribution is 2.45. The SMILES string of the molecule is Cc1cnsc1C(=O)N1CCN2C(=O)c3cccnc3CC21c1ccc(Cl)cc1. The van der Waals surface area contributed by atoms with Gasteiger partial charge in [-0.3, -0.25) is 14.6 Å². The predicted octanol–water partition coefficient (Wildman–Crippen LogP) is 3.51. The van der Waals surface area contributed by atoms with Gasteiger partial charge in [0.1, 0.15) is 10.5 Å². The molecule has 2 aromatic heterocycles. The van der Waals surface area contributed by atoms with Crippen LogP contribution in [0.15, 0.2) is 48.8 Å². The number of fused-ring (bicyclic) bond motifs is 2. The van der Waals surface area contributed by atoms with Crippen molar-refractivity contribution in [3.05, 3.63) is 81.1 Å². The number of benzene rings is 1. The molecule has 29 heavy (non-hydrogen) atoms. The normalized spacial score (nSPS) is 20.6. The number of amides is 2. The van der Waals surface area contributed by atoms with E-state index in [0.717, 1.165) is 11.1 Å². The predicted molar refractivity (Wildman–Crippen MR) is 110 cm³/mol. The first-order chi connectivity index (χ1) is 14.0. The van der Waals surface area contributed by atoms with E-state index < -0.39 is 5.66 Å². The standard InChI is InChI=1S/C21H17ClN4O2S/c1-13-12-24-29-18(13)20(28)26-10-9-25-19(27)16-3-2-8-23-17(16)11-21(25,26)14-4-6-15(22)7-5-14/h2-8,12H,9-11H2,1H3. The zero-order valence-electron chi connectivity index (χ0n) is 15.6. The third-order valence-electron chi connectivity index (χ3n) is 5.71. The average Bonchev–Trinajstić information content (AvgIpc) is 3.33. The summed E-state index contributed by atoms with van der Waals surface area (Å²) in [5.41, 5.74) is 2.05. The number of hydrogen-bond donors (Lipinski definition) is 0. The molecule has 8 heteroatoms. The lowest BCUT2D eigenvalue weighted by molar-refractivity contribution is 0.00727. The summed E-state index contributed by atoms with van der Waals surface area (Å²) in [4.78, 5) is 35.6. The van der Waals surface area contributed by atoms with Crippen LogP contribution in [0.3, 0.4) is 0 Å². The van der Waals surface area contributed by atoms with E-state index in [1.54, 1.807) is 46.5 Å². The van der Waals surface area contributed by atoms with E-state index >= 15 is 0 Å². The fourth-order valence-corrected chi connectivity index (χ4v) is 5.17. The van der Waals surface area contributed by atoms with Crippen molar-refractivity contribution >= 4 is 34.9 Å². The number of carbonyl (C=O) groups is 2. The van der Waals surface area contributed by atoms with Crippen LogP contribution in [0, 0.1) is 6.92 Å². The first kappa shape index (κ1) is 18.3. The van der Waals surface area contributed by atoms with E-state index in [1.165, 1.54) is 11.5 Å². The van der Waals surface area contributed by atoms with E-state index in [9.17, 15) is 9.59 Å². The molecule has 146 valence electrons. The monoisotopic (exact) mass is 424 g/mol. The molecule has 2 aliphatic heterocycles. The minimum Gasteiger partial charge on any atom is -0.309 e. The van der Waals surface area contributed by atoms with Crippen LogP contribution in [0.2, 0.25) is 5.02 Å². The Balaban J connectivity index is 1.71. The van der Waals surface area contributed by atoms with Crippen LogP contribution in [-0.2, 0) is 12.1 Å². The molecule has 0 saturated carbocycles. The summed E-state index contributed by atoms with van der Waals surface area (Å²) in [6, 6.07) is 10.9. The molecular formula is C21H17ClN4O2S. The summed E-state index contributed by atoms with van der Waals surface area (Å²) in [5.74, 6) is -0.222. The van der Waals surface area contributed by atoms with Crippen LogP contribution in [0.4, 0.5) is 0 Å². The van der Waals surface area contributed by atoms with E-state index in [1.807, 2.05) is 19.1 Å². The zero-order valence-corrected chi connectivity index (χ0v) is 17.2. The molecule has 1 atom stereocenters. The van der Waals surface area contributed by atoms with Crippen molar-refractivity contribution in [1.29, 1.82) is 0 Å². The van der Waals surface area contributed by atoms with Gasteiger partial charge >= 0.3 is 0 Å². The highest BCUT2D eigenvalue weighted by molar-refractivity contribution is 7.08. The quantitative estimate of drug-likeness (QED) is 0.631. The summed E-state index contributed by atoms with van der Waals surface area (Å²) < 4.78 is 4.16. The number of aromatic nitrogens is 2. The molecule has 0 aliphatic carbocycles. The molecule has 0 spiro atoms. The van der Waals surface area contributed by atoms with E-state index in [4.69, 9.17) is 11.6 Å². The van der Waals surface area contributed by atoms with E-state index in [2.05, 4.69) is 9.36 Å². The Labute approximate surface area is 176 Å². The maximum atomic E-state index is 13.6. The number of pyridine rings is 1. The number of halogens is 1. The summed E-state index contributed by atoms with van der Waals surface area (Å²) in [6.07, 6.45) is 3.81. The molecule has 1 fully saturated rings. The molecule has 0 N–H and O–H groups in total. The lowest BCUT2D eigenvalue weighted by Gasteiger charge is -2.46. The van der Waals surface area contributed by atoms with Crippen molar-refractivity contribution in [2.45, 2.75) is 19.0 Å². The average molecular weight is 425 g/mol. The fourth-order valence-electron chi connectivity index (χ4n) is 4.35. The van der Waals surface area contributed by atoms with Crippen LogP contribution < -0.4 is 0 Å². The first-order valence-electron chi connectivity index (χ1n) is 9.27. The van der Waals surface area contributed by atoms with Gasteiger partial charge in [0.25, 0.3) is 11.8 Å². The Hall–Kier alpha value is -2.77. The molecule has 6 nitrogen and oxygen atoms in total. The third kappa shape index (κ3) is 2.61. The number of nitrogens with zero attached hydrogens (tertiary/aromatic N) is 4. The van der Waals surface area contributed by atoms with Crippen molar-refractivity contribution in [3.8, 4) is 0 Å². The summed E-state index contributed by atoms with van der Waals surface area (Å²) in [7, 11) is 0. The minimum absolute atomic E-state index is 0.106. The maximum Gasteiger partial charge on any atom is 0.268 e. The molecule has 2 amide bonds. The highest BCUT2D eigenvalue weighted by Gasteiger charge is 2.56. The third-order valence-corrected chi connectivity index (χ3v) is 6.86. The van der Waals surface area contributed by atoms with Gasteiger partial charge in [-0.15, -0.1) is 0 Å². The molecule has 2 aliphatic rings. The van der Waals surface area contributed by atoms with Crippen LogP contribution >= 0.6 is 23.1 Å². The minimum atomic E-state index is -0.934. The van der Waals surface area contributed by atoms with Crippen molar-refractivity contribution in [2.24, 2.45) is 0 Å². The van der Waals surface area contributed by atoms with Gasteiger partial charge in [-0.2, -0.15) is 0 Å². The second-order valence-corrected chi connectivity index (χ2v) is 8.49. The maximum absolute atomic E-state index is 13.6. The zero-order chi connectivity index (χ0) is 20.2. The van der Waals surface area contributed by atoms with E-state index in [0.29, 0.717) is 40.7 Å². The Bertz CT molecular complexity index is 1130. The van der Waals surface area contributed by atoms with Crippen LogP contribution in [-0.4, -0.2) is 44.1 Å². The van der Waals surface area contributed by atoms with Crippen LogP contribution in [0.5, 0.6) is 0 Å². The van der Waals surface area contributed by atoms with Crippen LogP contribution in [0.1, 0.15) is 36.9 Å². The smallest absolute Gasteiger partial charge is 0.268 e. The summed E-state index contributed by atoms with van der Waals surface area (Å²) >= 11 is 7.31. The van der Waals surface area contributed by atoms with Gasteiger partial charge in [-0.25, -0.2) is 4.37 Å². The van der Waals surface area contributed by atoms with Gasteiger partial charge < -0.3 is 9.80 Å². The fraction of sp³-hybridized carbons (Fsp3) is 0.238. The number of aryl methyl sites for hydroxylation is 1. The molecule has 4 heterocycles. The Morgan fingerprint density at radius 1 is 1.21 bits per heavy atom. The molecular weight excluding hydrogens is 408 g/mol. The lowest BCUT2D eigenvalue weighted by Crippen LogP contribution is -2.58. The Morgan fingerprint density at radius 2 is 2.00 bits per heavy atom. The van der Waals surface area contributed by atoms with Crippen LogP contribution in [0.25, 0.3) is 0 Å². The summed E-state index contributed by atoms with van der Waals surface area (Å²) in [5, 5.41) is 0.603. The van der Waals surface area contributed by atoms with E-state index in [-0.39, 0.29) is 11.8 Å². The van der Waals surface area contributed by atoms with Gasteiger partial charge in [0.15, 0.2) is 0 Å². The highest BCUT2D eigenvalue weighted by atomic mass is 35.5. The molecule has 3 aromatic rings. The summed E-state index contributed by atoms with van der Waals surface area (Å²) in [6.45, 7) is 2.78. The van der Waals surface area contributed by atoms with Gasteiger partial charge in [-0.1, -0.05) is 23.7 Å². The number of carbonyl (C=O) groups excluding carboxylic acids is 2. The van der Waals surface area contributed by atoms with Crippen molar-refractivity contribution < 1.29 is 9.59 Å². The number of hydrogen-bond acceptors (Lipinski definition) is 5. The van der Waals surface area contributed by atoms with Gasteiger partial charge in [-0.05, 0) is 53.8 Å². The Kier molecular flexibility index (Phi) is 4.18. The van der Waals surface area contributed by atoms with Crippen molar-refractivity contribution in [3.63, 3.8) is 0 Å². The second kappa shape index (κ2) is 6.64. The molecule has 1 saturated heterocycles.